The van der Waals surface area contributed by atoms with E-state index in [0.29, 0.717) is 11.3 Å². The number of piperidine rings is 1. The van der Waals surface area contributed by atoms with Crippen molar-refractivity contribution in [3.8, 4) is 5.69 Å². The van der Waals surface area contributed by atoms with Crippen molar-refractivity contribution >= 4 is 79.4 Å². The normalized spacial score (nSPS) is 18.1. The Hall–Kier alpha value is -0.810. The highest BCUT2D eigenvalue weighted by atomic mass is 127. The highest BCUT2D eigenvalue weighted by Crippen LogP contribution is 2.36. The third-order valence-electron chi connectivity index (χ3n) is 6.97. The number of benzene rings is 2. The first kappa shape index (κ1) is 29.2. The summed E-state index contributed by atoms with van der Waals surface area (Å²) in [6.07, 6.45) is 3.69. The highest BCUT2D eigenvalue weighted by molar-refractivity contribution is 14.2. The molecule has 7 nitrogen and oxygen atoms in total. The molecule has 0 spiro atoms. The van der Waals surface area contributed by atoms with E-state index in [4.69, 9.17) is 0 Å². The molecule has 198 valence electrons. The van der Waals surface area contributed by atoms with Crippen LogP contribution in [0.15, 0.2) is 48.7 Å². The van der Waals surface area contributed by atoms with Crippen LogP contribution in [0.2, 0.25) is 0 Å². The summed E-state index contributed by atoms with van der Waals surface area (Å²) in [5.41, 5.74) is 4.19. The molecule has 0 radical (unpaired) electrons. The van der Waals surface area contributed by atoms with E-state index in [9.17, 15) is 15.0 Å². The highest BCUT2D eigenvalue weighted by Gasteiger charge is 2.34. The maximum Gasteiger partial charge on any atom is 0.259 e. The minimum atomic E-state index is -1.06. The van der Waals surface area contributed by atoms with Gasteiger partial charge in [-0.3, -0.25) is 9.69 Å². The van der Waals surface area contributed by atoms with Gasteiger partial charge in [0.1, 0.15) is 0 Å². The molecule has 3 N–H and O–H groups in total. The average Bonchev–Trinajstić information content (AvgIpc) is 3.27. The molecule has 10 heteroatoms. The van der Waals surface area contributed by atoms with Crippen molar-refractivity contribution in [2.45, 2.75) is 40.8 Å². The number of halogens is 3. The number of hydrogen-bond donors (Lipinski definition) is 3. The second-order valence-corrected chi connectivity index (χ2v) is 15.9. The van der Waals surface area contributed by atoms with Crippen LogP contribution in [0.4, 0.5) is 5.69 Å². The first-order valence-corrected chi connectivity index (χ1v) is 15.7. The lowest BCUT2D eigenvalue weighted by atomic mass is 9.83. The van der Waals surface area contributed by atoms with E-state index in [1.54, 1.807) is 17.8 Å². The molecule has 0 aliphatic carbocycles. The fourth-order valence-corrected chi connectivity index (χ4v) is 6.22. The quantitative estimate of drug-likeness (QED) is 0.196. The van der Waals surface area contributed by atoms with Crippen molar-refractivity contribution in [3.05, 3.63) is 74.6 Å². The van der Waals surface area contributed by atoms with Crippen LogP contribution in [0.25, 0.3) is 5.69 Å². The molecule has 1 saturated heterocycles. The van der Waals surface area contributed by atoms with Gasteiger partial charge >= 0.3 is 0 Å². The SMILES string of the molecule is Cc1nn(-c2ccc(I)cc2)cc1C(=O)Nc1ccc(CN2CCC[C@H]([C@](C)(O)CO)C2)c(C(I)I)c1. The lowest BCUT2D eigenvalue weighted by Gasteiger charge is -2.39. The molecule has 1 fully saturated rings. The van der Waals surface area contributed by atoms with E-state index in [1.807, 2.05) is 37.3 Å². The van der Waals surface area contributed by atoms with E-state index >= 15 is 0 Å². The number of nitrogens with zero attached hydrogens (tertiary/aromatic N) is 3. The lowest BCUT2D eigenvalue weighted by molar-refractivity contribution is -0.0697. The molecule has 2 aromatic carbocycles. The number of alkyl halides is 2. The maximum absolute atomic E-state index is 13.2. The van der Waals surface area contributed by atoms with Gasteiger partial charge in [-0.25, -0.2) is 4.68 Å². The predicted octanol–water partition coefficient (Wildman–Crippen LogP) is 5.86. The summed E-state index contributed by atoms with van der Waals surface area (Å²) in [5, 5.41) is 27.8. The Morgan fingerprint density at radius 1 is 1.24 bits per heavy atom. The van der Waals surface area contributed by atoms with Crippen LogP contribution in [0.3, 0.4) is 0 Å². The summed E-state index contributed by atoms with van der Waals surface area (Å²) in [5.74, 6) is -0.136. The number of hydrogen-bond acceptors (Lipinski definition) is 5. The second-order valence-electron chi connectivity index (χ2n) is 9.81. The zero-order valence-electron chi connectivity index (χ0n) is 20.8. The maximum atomic E-state index is 13.2. The van der Waals surface area contributed by atoms with Crippen LogP contribution in [0.1, 0.15) is 48.9 Å². The van der Waals surface area contributed by atoms with Gasteiger partial charge in [-0.05, 0) is 103 Å². The number of aliphatic hydroxyl groups excluding tert-OH is 1. The van der Waals surface area contributed by atoms with E-state index in [2.05, 4.69) is 95.2 Å². The molecule has 4 rings (SSSR count). The van der Waals surface area contributed by atoms with Crippen LogP contribution in [-0.2, 0) is 6.54 Å². The summed E-state index contributed by atoms with van der Waals surface area (Å²) in [6.45, 7) is 5.83. The summed E-state index contributed by atoms with van der Waals surface area (Å²) in [7, 11) is 0. The van der Waals surface area contributed by atoms with E-state index < -0.39 is 5.60 Å². The lowest BCUT2D eigenvalue weighted by Crippen LogP contribution is -2.48. The van der Waals surface area contributed by atoms with Gasteiger partial charge in [-0.2, -0.15) is 5.10 Å². The van der Waals surface area contributed by atoms with Crippen molar-refractivity contribution in [2.75, 3.05) is 25.0 Å². The minimum absolute atomic E-state index is 0.0481. The number of rotatable bonds is 8. The topological polar surface area (TPSA) is 90.6 Å². The molecule has 2 atom stereocenters. The largest absolute Gasteiger partial charge is 0.393 e. The smallest absolute Gasteiger partial charge is 0.259 e. The molecule has 1 aliphatic heterocycles. The number of carbonyl (C=O) groups excluding carboxylic acids is 1. The number of likely N-dealkylation sites (tertiary alicyclic amines) is 1. The molecule has 0 unspecified atom stereocenters. The van der Waals surface area contributed by atoms with Crippen LogP contribution in [-0.4, -0.2) is 56.1 Å². The Morgan fingerprint density at radius 3 is 2.65 bits per heavy atom. The molecule has 1 amide bonds. The van der Waals surface area contributed by atoms with Gasteiger partial charge in [0.2, 0.25) is 0 Å². The van der Waals surface area contributed by atoms with Crippen molar-refractivity contribution < 1.29 is 15.0 Å². The Balaban J connectivity index is 1.49. The van der Waals surface area contributed by atoms with Gasteiger partial charge in [-0.1, -0.05) is 51.2 Å². The number of anilines is 1. The molecule has 0 bridgehead atoms. The van der Waals surface area contributed by atoms with Gasteiger partial charge in [0.05, 0.1) is 31.1 Å². The zero-order chi connectivity index (χ0) is 26.7. The van der Waals surface area contributed by atoms with Gasteiger partial charge in [0, 0.05) is 34.5 Å². The number of aromatic nitrogens is 2. The molecule has 0 saturated carbocycles. The Labute approximate surface area is 258 Å². The van der Waals surface area contributed by atoms with E-state index in [0.717, 1.165) is 47.4 Å². The number of nitrogens with one attached hydrogen (secondary N) is 1. The zero-order valence-corrected chi connectivity index (χ0v) is 27.3. The molecule has 1 aliphatic rings. The first-order valence-electron chi connectivity index (χ1n) is 12.2. The molecular weight excluding hydrogens is 809 g/mol. The Bertz CT molecular complexity index is 1240. The average molecular weight is 840 g/mol. The number of carbonyl (C=O) groups is 1. The van der Waals surface area contributed by atoms with Gasteiger partial charge < -0.3 is 15.5 Å². The summed E-state index contributed by atoms with van der Waals surface area (Å²) < 4.78 is 3.11. The summed E-state index contributed by atoms with van der Waals surface area (Å²) in [4.78, 5) is 15.5. The van der Waals surface area contributed by atoms with Crippen molar-refractivity contribution in [3.63, 3.8) is 0 Å². The fraction of sp³-hybridized carbons (Fsp3) is 0.407. The monoisotopic (exact) mass is 840 g/mol. The van der Waals surface area contributed by atoms with E-state index in [-0.39, 0.29) is 20.4 Å². The van der Waals surface area contributed by atoms with E-state index in [1.165, 1.54) is 11.1 Å². The molecule has 1 aromatic heterocycles. The summed E-state index contributed by atoms with van der Waals surface area (Å²) >= 11 is 7.06. The first-order chi connectivity index (χ1) is 17.6. The van der Waals surface area contributed by atoms with Crippen LogP contribution >= 0.6 is 67.8 Å². The van der Waals surface area contributed by atoms with Crippen molar-refractivity contribution in [1.82, 2.24) is 14.7 Å². The second kappa shape index (κ2) is 12.6. The van der Waals surface area contributed by atoms with Gasteiger partial charge in [0.15, 0.2) is 0 Å². The predicted molar refractivity (Wildman–Crippen MR) is 172 cm³/mol. The van der Waals surface area contributed by atoms with Crippen molar-refractivity contribution in [1.29, 1.82) is 0 Å². The fourth-order valence-electron chi connectivity index (χ4n) is 4.70. The number of aliphatic hydroxyl groups is 2. The van der Waals surface area contributed by atoms with Crippen LogP contribution in [0, 0.1) is 16.4 Å². The minimum Gasteiger partial charge on any atom is -0.393 e. The Kier molecular flexibility index (Phi) is 9.92. The number of aryl methyl sites for hydroxylation is 1. The van der Waals surface area contributed by atoms with Crippen LogP contribution in [0.5, 0.6) is 0 Å². The molecule has 2 heterocycles. The molecule has 3 aromatic rings. The Morgan fingerprint density at radius 2 is 1.97 bits per heavy atom. The third kappa shape index (κ3) is 7.24. The van der Waals surface area contributed by atoms with Crippen molar-refractivity contribution in [2.24, 2.45) is 5.92 Å². The third-order valence-corrected chi connectivity index (χ3v) is 9.03. The summed E-state index contributed by atoms with van der Waals surface area (Å²) in [6, 6.07) is 14.1. The van der Waals surface area contributed by atoms with Gasteiger partial charge in [0.25, 0.3) is 5.91 Å². The number of amides is 1. The van der Waals surface area contributed by atoms with Crippen LogP contribution < -0.4 is 5.32 Å². The standard InChI is InChI=1S/C27H31I3N4O3/c1-17-24(15-34(32-17)22-9-6-20(28)7-10-22)26(36)31-21-8-5-18(23(12-21)25(29)30)13-33-11-3-4-19(14-33)27(2,37)16-35/h5-10,12,15,19,25,35,37H,3-4,11,13-14,16H2,1-2H3,(H,31,36)/t19-,27+/m0/s1. The molecular formula is C27H31I3N4O3. The van der Waals surface area contributed by atoms with Gasteiger partial charge in [-0.15, -0.1) is 0 Å². The molecule has 37 heavy (non-hydrogen) atoms.